The predicted molar refractivity (Wildman–Crippen MR) is 124 cm³/mol. The van der Waals surface area contributed by atoms with E-state index in [0.717, 1.165) is 38.4 Å². The third-order valence-corrected chi connectivity index (χ3v) is 5.99. The molecule has 31 heavy (non-hydrogen) atoms. The summed E-state index contributed by atoms with van der Waals surface area (Å²) in [4.78, 5) is 29.3. The maximum atomic E-state index is 12.4. The number of carbonyl (C=O) groups excluding carboxylic acids is 1. The van der Waals surface area contributed by atoms with E-state index in [-0.39, 0.29) is 12.4 Å². The Morgan fingerprint density at radius 3 is 2.84 bits per heavy atom. The summed E-state index contributed by atoms with van der Waals surface area (Å²) in [6, 6.07) is 12.5. The second kappa shape index (κ2) is 8.41. The van der Waals surface area contributed by atoms with Crippen LogP contribution >= 0.6 is 22.9 Å². The predicted octanol–water partition coefficient (Wildman–Crippen LogP) is 4.56. The molecule has 0 saturated heterocycles. The van der Waals surface area contributed by atoms with Crippen molar-refractivity contribution in [2.24, 2.45) is 4.99 Å². The van der Waals surface area contributed by atoms with Crippen LogP contribution in [0.1, 0.15) is 17.4 Å². The molecule has 158 valence electrons. The van der Waals surface area contributed by atoms with Crippen LogP contribution in [0, 0.1) is 0 Å². The fourth-order valence-electron chi connectivity index (χ4n) is 3.28. The zero-order valence-electron chi connectivity index (χ0n) is 16.7. The maximum absolute atomic E-state index is 12.4. The van der Waals surface area contributed by atoms with Crippen molar-refractivity contribution in [1.82, 2.24) is 4.57 Å². The summed E-state index contributed by atoms with van der Waals surface area (Å²) in [7, 11) is 1.50. The van der Waals surface area contributed by atoms with Crippen molar-refractivity contribution < 1.29 is 14.6 Å². The summed E-state index contributed by atoms with van der Waals surface area (Å²) in [5, 5.41) is 13.6. The van der Waals surface area contributed by atoms with E-state index in [9.17, 15) is 14.7 Å². The molecule has 0 atom stereocenters. The molecule has 2 heterocycles. The van der Waals surface area contributed by atoms with Gasteiger partial charge in [-0.25, -0.2) is 0 Å². The Hall–Kier alpha value is -3.36. The van der Waals surface area contributed by atoms with Gasteiger partial charge < -0.3 is 15.2 Å². The maximum Gasteiger partial charge on any atom is 0.311 e. The number of nitrogens with zero attached hydrogens (tertiary/aromatic N) is 2. The number of carbonyl (C=O) groups is 1. The molecule has 1 amide bonds. The second-order valence-corrected chi connectivity index (χ2v) is 8.21. The molecule has 0 saturated carbocycles. The number of benzene rings is 2. The number of nitrogens with one attached hydrogen (secondary N) is 1. The number of aromatic hydroxyl groups is 1. The number of fused-ring (bicyclic) bond motifs is 1. The molecule has 3 aromatic rings. The van der Waals surface area contributed by atoms with Crippen LogP contribution < -0.4 is 14.9 Å². The van der Waals surface area contributed by atoms with Gasteiger partial charge in [0.05, 0.1) is 22.7 Å². The Bertz CT molecular complexity index is 1310. The molecule has 0 radical (unpaired) electrons. The monoisotopic (exact) mass is 455 g/mol. The minimum Gasteiger partial charge on any atom is -0.495 e. The molecule has 1 aliphatic rings. The number of ether oxygens (including phenoxy) is 1. The molecule has 0 spiro atoms. The van der Waals surface area contributed by atoms with Gasteiger partial charge in [-0.2, -0.15) is 0 Å². The van der Waals surface area contributed by atoms with E-state index in [0.29, 0.717) is 21.3 Å². The van der Waals surface area contributed by atoms with E-state index in [2.05, 4.69) is 10.3 Å². The van der Waals surface area contributed by atoms with Crippen LogP contribution in [-0.2, 0) is 11.3 Å². The highest BCUT2D eigenvalue weighted by molar-refractivity contribution is 7.10. The molecule has 1 aliphatic heterocycles. The van der Waals surface area contributed by atoms with Gasteiger partial charge in [0.15, 0.2) is 0 Å². The van der Waals surface area contributed by atoms with Gasteiger partial charge in [0, 0.05) is 22.5 Å². The van der Waals surface area contributed by atoms with Gasteiger partial charge in [0.25, 0.3) is 0 Å². The first-order chi connectivity index (χ1) is 14.9. The van der Waals surface area contributed by atoms with Crippen LogP contribution in [0.4, 0.5) is 11.4 Å². The lowest BCUT2D eigenvalue weighted by molar-refractivity contribution is -0.116. The van der Waals surface area contributed by atoms with E-state index in [1.54, 1.807) is 24.3 Å². The number of aromatic nitrogens is 1. The molecule has 2 aromatic carbocycles. The van der Waals surface area contributed by atoms with Crippen LogP contribution in [0.25, 0.3) is 11.6 Å². The van der Waals surface area contributed by atoms with Gasteiger partial charge in [-0.05, 0) is 37.3 Å². The smallest absolute Gasteiger partial charge is 0.311 e. The summed E-state index contributed by atoms with van der Waals surface area (Å²) < 4.78 is 6.12. The minimum atomic E-state index is -0.473. The van der Waals surface area contributed by atoms with Crippen molar-refractivity contribution >= 4 is 57.6 Å². The Labute approximate surface area is 186 Å². The number of aliphatic imine (C=N–C) groups is 1. The van der Waals surface area contributed by atoms with Gasteiger partial charge in [0.1, 0.15) is 12.3 Å². The van der Waals surface area contributed by atoms with Crippen LogP contribution in [0.5, 0.6) is 11.6 Å². The fourth-order valence-corrected chi connectivity index (χ4v) is 4.37. The lowest BCUT2D eigenvalue weighted by Crippen LogP contribution is -2.24. The molecule has 9 heteroatoms. The summed E-state index contributed by atoms with van der Waals surface area (Å²) in [5.74, 6) is -0.251. The highest BCUT2D eigenvalue weighted by Gasteiger charge is 2.21. The normalized spacial score (nSPS) is 13.8. The van der Waals surface area contributed by atoms with Crippen molar-refractivity contribution in [2.45, 2.75) is 13.5 Å². The largest absolute Gasteiger partial charge is 0.495 e. The molecule has 0 bridgehead atoms. The average molecular weight is 456 g/mol. The Morgan fingerprint density at radius 2 is 2.10 bits per heavy atom. The van der Waals surface area contributed by atoms with E-state index >= 15 is 0 Å². The lowest BCUT2D eigenvalue weighted by Gasteiger charge is -2.09. The van der Waals surface area contributed by atoms with E-state index in [4.69, 9.17) is 16.3 Å². The summed E-state index contributed by atoms with van der Waals surface area (Å²) in [6.45, 7) is 1.54. The van der Waals surface area contributed by atoms with Crippen LogP contribution in [0.3, 0.4) is 0 Å². The highest BCUT2D eigenvalue weighted by Crippen LogP contribution is 2.37. The Kier molecular flexibility index (Phi) is 5.67. The number of halogens is 1. The number of hydrogen-bond acceptors (Lipinski definition) is 6. The number of thiazole rings is 1. The molecule has 7 nitrogen and oxygen atoms in total. The summed E-state index contributed by atoms with van der Waals surface area (Å²) in [6.07, 6.45) is 1.73. The van der Waals surface area contributed by atoms with Crippen molar-refractivity contribution in [3.8, 4) is 11.6 Å². The SMILES string of the molecule is COc1ccc(NC(=O)Cn2c(O)c(C=C3C(C)=Nc4ccccc43)sc2=O)cc1Cl. The minimum absolute atomic E-state index is 0.261. The first-order valence-corrected chi connectivity index (χ1v) is 10.5. The molecule has 0 unspecified atom stereocenters. The van der Waals surface area contributed by atoms with Crippen LogP contribution in [0.2, 0.25) is 5.02 Å². The fraction of sp³-hybridized carbons (Fsp3) is 0.136. The lowest BCUT2D eigenvalue weighted by atomic mass is 10.0. The number of anilines is 1. The number of amides is 1. The van der Waals surface area contributed by atoms with E-state index < -0.39 is 10.8 Å². The Balaban J connectivity index is 1.57. The Morgan fingerprint density at radius 1 is 1.32 bits per heavy atom. The standard InChI is InChI=1S/C22H18ClN3O4S/c1-12-15(14-5-3-4-6-17(14)24-12)10-19-21(28)26(22(29)31-19)11-20(27)25-13-7-8-18(30-2)16(23)9-13/h3-10,28H,11H2,1-2H3,(H,25,27). The summed E-state index contributed by atoms with van der Waals surface area (Å²) in [5.41, 5.74) is 3.85. The van der Waals surface area contributed by atoms with Gasteiger partial charge in [0.2, 0.25) is 11.8 Å². The zero-order chi connectivity index (χ0) is 22.1. The first kappa shape index (κ1) is 20.9. The quantitative estimate of drug-likeness (QED) is 0.589. The number of hydrogen-bond donors (Lipinski definition) is 2. The van der Waals surface area contributed by atoms with Gasteiger partial charge in [-0.15, -0.1) is 0 Å². The van der Waals surface area contributed by atoms with Crippen LogP contribution in [0.15, 0.2) is 52.3 Å². The zero-order valence-corrected chi connectivity index (χ0v) is 18.3. The van der Waals surface area contributed by atoms with Crippen molar-refractivity contribution in [3.63, 3.8) is 0 Å². The molecule has 0 aliphatic carbocycles. The molecule has 4 rings (SSSR count). The molecule has 1 aromatic heterocycles. The van der Waals surface area contributed by atoms with Crippen molar-refractivity contribution in [3.05, 3.63) is 67.6 Å². The second-order valence-electron chi connectivity index (χ2n) is 6.81. The van der Waals surface area contributed by atoms with E-state index in [1.165, 1.54) is 7.11 Å². The van der Waals surface area contributed by atoms with Gasteiger partial charge >= 0.3 is 4.87 Å². The van der Waals surface area contributed by atoms with Gasteiger partial charge in [-0.1, -0.05) is 41.1 Å². The van der Waals surface area contributed by atoms with Crippen molar-refractivity contribution in [1.29, 1.82) is 0 Å². The van der Waals surface area contributed by atoms with E-state index in [1.807, 2.05) is 31.2 Å². The molecule has 0 fully saturated rings. The number of allylic oxidation sites excluding steroid dienone is 1. The number of para-hydroxylation sites is 1. The topological polar surface area (TPSA) is 92.9 Å². The van der Waals surface area contributed by atoms with Crippen molar-refractivity contribution in [2.75, 3.05) is 12.4 Å². The third kappa shape index (κ3) is 4.12. The average Bonchev–Trinajstić information content (AvgIpc) is 3.19. The number of rotatable bonds is 5. The number of methoxy groups -OCH3 is 1. The molecular weight excluding hydrogens is 438 g/mol. The van der Waals surface area contributed by atoms with Crippen LogP contribution in [-0.4, -0.2) is 28.4 Å². The first-order valence-electron chi connectivity index (χ1n) is 9.30. The third-order valence-electron chi connectivity index (χ3n) is 4.78. The molecule has 2 N–H and O–H groups in total. The van der Waals surface area contributed by atoms with Gasteiger partial charge in [-0.3, -0.25) is 19.1 Å². The highest BCUT2D eigenvalue weighted by atomic mass is 35.5. The summed E-state index contributed by atoms with van der Waals surface area (Å²) >= 11 is 6.94. The molecular formula is C22H18ClN3O4S.